The van der Waals surface area contributed by atoms with Gasteiger partial charge in [0.15, 0.2) is 0 Å². The summed E-state index contributed by atoms with van der Waals surface area (Å²) in [6, 6.07) is 14.1. The highest BCUT2D eigenvalue weighted by molar-refractivity contribution is 6.46. The van der Waals surface area contributed by atoms with Crippen molar-refractivity contribution in [3.05, 3.63) is 69.7 Å². The number of amides is 1. The lowest BCUT2D eigenvalue weighted by atomic mass is 9.97. The molecule has 2 aromatic carbocycles. The summed E-state index contributed by atoms with van der Waals surface area (Å²) < 4.78 is 0. The summed E-state index contributed by atoms with van der Waals surface area (Å²) in [5.74, 6) is -0.0576. The highest BCUT2D eigenvalue weighted by atomic mass is 35.5. The number of hydrogen-bond donors (Lipinski definition) is 1. The van der Waals surface area contributed by atoms with Gasteiger partial charge in [0, 0.05) is 43.1 Å². The molecule has 0 aliphatic carbocycles. The van der Waals surface area contributed by atoms with Crippen LogP contribution in [0.5, 0.6) is 0 Å². The Morgan fingerprint density at radius 3 is 2.56 bits per heavy atom. The van der Waals surface area contributed by atoms with Crippen LogP contribution in [0.3, 0.4) is 0 Å². The van der Waals surface area contributed by atoms with Gasteiger partial charge in [-0.3, -0.25) is 14.7 Å². The number of hydrogen-bond acceptors (Lipinski definition) is 3. The Morgan fingerprint density at radius 1 is 1.11 bits per heavy atom. The van der Waals surface area contributed by atoms with Gasteiger partial charge < -0.3 is 5.32 Å². The molecule has 27 heavy (non-hydrogen) atoms. The van der Waals surface area contributed by atoms with Gasteiger partial charge >= 0.3 is 0 Å². The van der Waals surface area contributed by atoms with E-state index in [9.17, 15) is 4.79 Å². The molecule has 1 N–H and O–H groups in total. The second-order valence-corrected chi connectivity index (χ2v) is 8.02. The first-order valence-electron chi connectivity index (χ1n) is 9.42. The van der Waals surface area contributed by atoms with Gasteiger partial charge in [0.05, 0.1) is 0 Å². The van der Waals surface area contributed by atoms with Gasteiger partial charge in [-0.05, 0) is 42.7 Å². The summed E-state index contributed by atoms with van der Waals surface area (Å²) >= 11 is 6.29. The maximum atomic E-state index is 12.6. The lowest BCUT2D eigenvalue weighted by molar-refractivity contribution is -0.115. The first kappa shape index (κ1) is 18.2. The van der Waals surface area contributed by atoms with Crippen molar-refractivity contribution >= 4 is 23.2 Å². The highest BCUT2D eigenvalue weighted by Gasteiger charge is 2.42. The number of benzene rings is 2. The molecule has 2 aliphatic rings. The summed E-state index contributed by atoms with van der Waals surface area (Å²) in [6.07, 6.45) is 1.63. The molecule has 0 saturated carbocycles. The van der Waals surface area contributed by atoms with Crippen LogP contribution in [0.15, 0.2) is 47.5 Å². The number of aliphatic imine (C=N–C) groups is 1. The predicted molar refractivity (Wildman–Crippen MR) is 109 cm³/mol. The molecule has 2 aromatic rings. The number of piperidine rings is 1. The highest BCUT2D eigenvalue weighted by Crippen LogP contribution is 2.30. The molecule has 1 saturated heterocycles. The van der Waals surface area contributed by atoms with Crippen LogP contribution in [0, 0.1) is 13.8 Å². The van der Waals surface area contributed by atoms with E-state index in [1.807, 2.05) is 24.3 Å². The molecule has 2 aliphatic heterocycles. The maximum absolute atomic E-state index is 12.6. The zero-order chi connectivity index (χ0) is 19.0. The fourth-order valence-corrected chi connectivity index (χ4v) is 4.03. The molecule has 0 atom stereocenters. The number of rotatable bonds is 3. The number of carbonyl (C=O) groups is 1. The maximum Gasteiger partial charge on any atom is 0.272 e. The van der Waals surface area contributed by atoms with Gasteiger partial charge in [-0.15, -0.1) is 0 Å². The molecular formula is C22H24ClN3O. The minimum absolute atomic E-state index is 0.0576. The van der Waals surface area contributed by atoms with Crippen LogP contribution >= 0.6 is 11.6 Å². The molecule has 1 spiro atoms. The van der Waals surface area contributed by atoms with Gasteiger partial charge in [-0.1, -0.05) is 41.9 Å². The topological polar surface area (TPSA) is 44.7 Å². The minimum Gasteiger partial charge on any atom is -0.326 e. The number of halogens is 1. The van der Waals surface area contributed by atoms with Crippen molar-refractivity contribution in [2.24, 2.45) is 4.99 Å². The second kappa shape index (κ2) is 7.10. The van der Waals surface area contributed by atoms with Crippen LogP contribution in [-0.4, -0.2) is 35.3 Å². The number of nitrogens with one attached hydrogen (secondary N) is 1. The Kier molecular flexibility index (Phi) is 4.79. The number of nitrogens with zero attached hydrogens (tertiary/aromatic N) is 2. The first-order valence-corrected chi connectivity index (χ1v) is 9.79. The van der Waals surface area contributed by atoms with Crippen LogP contribution < -0.4 is 5.32 Å². The van der Waals surface area contributed by atoms with Crippen LogP contribution in [0.2, 0.25) is 5.02 Å². The standard InChI is InChI=1S/C22H24ClN3O/c1-15-7-8-17(13-16(15)2)20-21(27)25-22(24-20)9-11-26(12-10-22)14-18-5-3-4-6-19(18)23/h3-8,13H,9-12,14H2,1-2H3,(H,25,27). The van der Waals surface area contributed by atoms with Crippen molar-refractivity contribution in [1.82, 2.24) is 10.2 Å². The molecule has 0 unspecified atom stereocenters. The number of carbonyl (C=O) groups excluding carboxylic acids is 1. The van der Waals surface area contributed by atoms with Crippen molar-refractivity contribution in [2.75, 3.05) is 13.1 Å². The van der Waals surface area contributed by atoms with Crippen LogP contribution in [0.25, 0.3) is 0 Å². The fourth-order valence-electron chi connectivity index (χ4n) is 3.83. The molecule has 0 aromatic heterocycles. The van der Waals surface area contributed by atoms with Crippen molar-refractivity contribution in [1.29, 1.82) is 0 Å². The quantitative estimate of drug-likeness (QED) is 0.877. The van der Waals surface area contributed by atoms with E-state index in [2.05, 4.69) is 42.3 Å². The Labute approximate surface area is 165 Å². The molecule has 4 rings (SSSR count). The largest absolute Gasteiger partial charge is 0.326 e. The fraction of sp³-hybridized carbons (Fsp3) is 0.364. The van der Waals surface area contributed by atoms with E-state index in [0.717, 1.165) is 48.6 Å². The van der Waals surface area contributed by atoms with E-state index >= 15 is 0 Å². The molecule has 4 nitrogen and oxygen atoms in total. The van der Waals surface area contributed by atoms with Crippen LogP contribution in [-0.2, 0) is 11.3 Å². The molecule has 5 heteroatoms. The summed E-state index contributed by atoms with van der Waals surface area (Å²) in [5.41, 5.74) is 4.56. The zero-order valence-electron chi connectivity index (χ0n) is 15.8. The third-order valence-electron chi connectivity index (χ3n) is 5.70. The van der Waals surface area contributed by atoms with Gasteiger partial charge in [0.25, 0.3) is 5.91 Å². The van der Waals surface area contributed by atoms with Crippen LogP contribution in [0.4, 0.5) is 0 Å². The van der Waals surface area contributed by atoms with Gasteiger partial charge in [-0.25, -0.2) is 0 Å². The molecular weight excluding hydrogens is 358 g/mol. The van der Waals surface area contributed by atoms with E-state index in [1.165, 1.54) is 11.1 Å². The molecule has 140 valence electrons. The Morgan fingerprint density at radius 2 is 1.85 bits per heavy atom. The summed E-state index contributed by atoms with van der Waals surface area (Å²) in [5, 5.41) is 3.96. The number of aryl methyl sites for hydroxylation is 2. The van der Waals surface area contributed by atoms with E-state index in [0.29, 0.717) is 5.71 Å². The molecule has 1 amide bonds. The smallest absolute Gasteiger partial charge is 0.272 e. The third kappa shape index (κ3) is 3.64. The Hall–Kier alpha value is -2.17. The molecule has 1 fully saturated rings. The average Bonchev–Trinajstić information content (AvgIpc) is 2.97. The van der Waals surface area contributed by atoms with Crippen molar-refractivity contribution < 1.29 is 4.79 Å². The van der Waals surface area contributed by atoms with Gasteiger partial charge in [0.1, 0.15) is 11.4 Å². The van der Waals surface area contributed by atoms with Crippen molar-refractivity contribution in [3.63, 3.8) is 0 Å². The normalized spacial score (nSPS) is 19.2. The molecule has 0 bridgehead atoms. The molecule has 0 radical (unpaired) electrons. The van der Waals surface area contributed by atoms with E-state index < -0.39 is 5.66 Å². The predicted octanol–water partition coefficient (Wildman–Crippen LogP) is 3.87. The summed E-state index contributed by atoms with van der Waals surface area (Å²) in [4.78, 5) is 19.8. The minimum atomic E-state index is -0.456. The number of likely N-dealkylation sites (tertiary alicyclic amines) is 1. The van der Waals surface area contributed by atoms with Gasteiger partial charge in [0.2, 0.25) is 0 Å². The van der Waals surface area contributed by atoms with Crippen molar-refractivity contribution in [3.8, 4) is 0 Å². The van der Waals surface area contributed by atoms with Crippen LogP contribution in [0.1, 0.15) is 35.1 Å². The molecule has 2 heterocycles. The summed E-state index contributed by atoms with van der Waals surface area (Å²) in [7, 11) is 0. The average molecular weight is 382 g/mol. The lowest BCUT2D eigenvalue weighted by Gasteiger charge is -2.37. The van der Waals surface area contributed by atoms with E-state index in [-0.39, 0.29) is 5.91 Å². The van der Waals surface area contributed by atoms with Crippen molar-refractivity contribution in [2.45, 2.75) is 38.9 Å². The zero-order valence-corrected chi connectivity index (χ0v) is 16.5. The van der Waals surface area contributed by atoms with E-state index in [1.54, 1.807) is 0 Å². The summed E-state index contributed by atoms with van der Waals surface area (Å²) in [6.45, 7) is 6.74. The van der Waals surface area contributed by atoms with Gasteiger partial charge in [-0.2, -0.15) is 0 Å². The first-order chi connectivity index (χ1) is 13.0. The Balaban J connectivity index is 1.48. The third-order valence-corrected chi connectivity index (χ3v) is 6.07. The SMILES string of the molecule is Cc1ccc(C2=NC3(CCN(Cc4ccccc4Cl)CC3)NC2=O)cc1C. The Bertz CT molecular complexity index is 914. The second-order valence-electron chi connectivity index (χ2n) is 7.61. The van der Waals surface area contributed by atoms with E-state index in [4.69, 9.17) is 16.6 Å². The lowest BCUT2D eigenvalue weighted by Crippen LogP contribution is -2.50. The monoisotopic (exact) mass is 381 g/mol.